The molecule has 0 aliphatic rings. The topological polar surface area (TPSA) is 29.1 Å². The van der Waals surface area contributed by atoms with Gasteiger partial charge in [-0.3, -0.25) is 4.79 Å². The van der Waals surface area contributed by atoms with Crippen LogP contribution in [-0.2, 0) is 0 Å². The van der Waals surface area contributed by atoms with Crippen molar-refractivity contribution in [1.29, 1.82) is 0 Å². The molecule has 1 atom stereocenters. The van der Waals surface area contributed by atoms with Crippen LogP contribution in [0, 0.1) is 18.7 Å². The van der Waals surface area contributed by atoms with Crippen molar-refractivity contribution in [3.8, 4) is 0 Å². The molecule has 0 saturated carbocycles. The van der Waals surface area contributed by atoms with Crippen LogP contribution in [0.25, 0.3) is 0 Å². The Hall–Kier alpha value is -1.09. The number of carbonyl (C=O) groups excluding carboxylic acids is 1. The molecule has 1 rings (SSSR count). The minimum atomic E-state index is -0.360. The van der Waals surface area contributed by atoms with Crippen LogP contribution in [0.1, 0.15) is 36.2 Å². The summed E-state index contributed by atoms with van der Waals surface area (Å²) in [6, 6.07) is 4.52. The summed E-state index contributed by atoms with van der Waals surface area (Å²) in [5.41, 5.74) is 0.881. The van der Waals surface area contributed by atoms with Gasteiger partial charge < -0.3 is 5.32 Å². The highest BCUT2D eigenvalue weighted by molar-refractivity contribution is 6.17. The van der Waals surface area contributed by atoms with E-state index in [9.17, 15) is 9.18 Å². The van der Waals surface area contributed by atoms with Crippen LogP contribution < -0.4 is 5.32 Å². The third-order valence-corrected chi connectivity index (χ3v) is 3.19. The van der Waals surface area contributed by atoms with E-state index in [0.29, 0.717) is 29.3 Å². The Morgan fingerprint density at radius 2 is 2.11 bits per heavy atom. The molecule has 1 aromatic rings. The molecule has 1 aromatic carbocycles. The summed E-state index contributed by atoms with van der Waals surface area (Å²) >= 11 is 5.70. The molecular formula is C14H19ClFNO. The van der Waals surface area contributed by atoms with E-state index >= 15 is 0 Å². The standard InChI is InChI=1S/C14H19ClFNO/c1-9(2)13(6-7-15)17-14(18)11-5-4-10(3)12(16)8-11/h4-5,8-9,13H,6-7H2,1-3H3,(H,17,18). The number of carbonyl (C=O) groups is 1. The van der Waals surface area contributed by atoms with Crippen molar-refractivity contribution in [3.63, 3.8) is 0 Å². The van der Waals surface area contributed by atoms with E-state index in [1.807, 2.05) is 13.8 Å². The van der Waals surface area contributed by atoms with Crippen LogP contribution in [0.4, 0.5) is 4.39 Å². The van der Waals surface area contributed by atoms with Gasteiger partial charge in [0.25, 0.3) is 5.91 Å². The molecule has 100 valence electrons. The quantitative estimate of drug-likeness (QED) is 0.816. The summed E-state index contributed by atoms with van der Waals surface area (Å²) in [4.78, 5) is 12.0. The Balaban J connectivity index is 2.77. The smallest absolute Gasteiger partial charge is 0.251 e. The molecule has 1 amide bonds. The third kappa shape index (κ3) is 3.98. The second-order valence-corrected chi connectivity index (χ2v) is 5.14. The Labute approximate surface area is 113 Å². The monoisotopic (exact) mass is 271 g/mol. The van der Waals surface area contributed by atoms with E-state index in [4.69, 9.17) is 11.6 Å². The normalized spacial score (nSPS) is 12.6. The van der Waals surface area contributed by atoms with Gasteiger partial charge in [-0.1, -0.05) is 19.9 Å². The first-order valence-corrected chi connectivity index (χ1v) is 6.62. The lowest BCUT2D eigenvalue weighted by atomic mass is 10.0. The summed E-state index contributed by atoms with van der Waals surface area (Å²) in [6.07, 6.45) is 0.708. The Morgan fingerprint density at radius 1 is 1.44 bits per heavy atom. The summed E-state index contributed by atoms with van der Waals surface area (Å²) in [7, 11) is 0. The van der Waals surface area contributed by atoms with Crippen LogP contribution in [-0.4, -0.2) is 17.8 Å². The highest BCUT2D eigenvalue weighted by atomic mass is 35.5. The minimum Gasteiger partial charge on any atom is -0.349 e. The highest BCUT2D eigenvalue weighted by Crippen LogP contribution is 2.12. The summed E-state index contributed by atoms with van der Waals surface area (Å²) in [5.74, 6) is 0.174. The van der Waals surface area contributed by atoms with Crippen LogP contribution >= 0.6 is 11.6 Å². The second kappa shape index (κ2) is 6.74. The van der Waals surface area contributed by atoms with E-state index in [2.05, 4.69) is 5.32 Å². The summed E-state index contributed by atoms with van der Waals surface area (Å²) in [5, 5.41) is 2.89. The minimum absolute atomic E-state index is 0.0133. The van der Waals surface area contributed by atoms with Crippen molar-refractivity contribution in [1.82, 2.24) is 5.32 Å². The average molecular weight is 272 g/mol. The van der Waals surface area contributed by atoms with Gasteiger partial charge in [0.05, 0.1) is 0 Å². The number of amides is 1. The number of aryl methyl sites for hydroxylation is 1. The number of benzene rings is 1. The van der Waals surface area contributed by atoms with Gasteiger partial charge >= 0.3 is 0 Å². The van der Waals surface area contributed by atoms with Gasteiger partial charge in [-0.05, 0) is 37.0 Å². The summed E-state index contributed by atoms with van der Waals surface area (Å²) in [6.45, 7) is 5.71. The first kappa shape index (κ1) is 15.0. The molecule has 0 spiro atoms. The SMILES string of the molecule is Cc1ccc(C(=O)NC(CCCl)C(C)C)cc1F. The second-order valence-electron chi connectivity index (χ2n) is 4.77. The number of nitrogens with one attached hydrogen (secondary N) is 1. The molecule has 1 unspecified atom stereocenters. The molecule has 0 aromatic heterocycles. The Kier molecular flexibility index (Phi) is 5.60. The molecule has 0 bridgehead atoms. The van der Waals surface area contributed by atoms with E-state index in [0.717, 1.165) is 0 Å². The lowest BCUT2D eigenvalue weighted by molar-refractivity contribution is 0.0924. The number of rotatable bonds is 5. The van der Waals surface area contributed by atoms with Crippen molar-refractivity contribution < 1.29 is 9.18 Å². The molecule has 18 heavy (non-hydrogen) atoms. The molecule has 0 aliphatic carbocycles. The molecule has 2 nitrogen and oxygen atoms in total. The first-order chi connectivity index (χ1) is 8.45. The first-order valence-electron chi connectivity index (χ1n) is 6.08. The van der Waals surface area contributed by atoms with Gasteiger partial charge in [0.1, 0.15) is 5.82 Å². The van der Waals surface area contributed by atoms with Crippen LogP contribution in [0.2, 0.25) is 0 Å². The van der Waals surface area contributed by atoms with E-state index in [-0.39, 0.29) is 17.8 Å². The van der Waals surface area contributed by atoms with Gasteiger partial charge in [0.2, 0.25) is 0 Å². The average Bonchev–Trinajstić information content (AvgIpc) is 2.31. The number of hydrogen-bond acceptors (Lipinski definition) is 1. The zero-order valence-corrected chi connectivity index (χ0v) is 11.7. The van der Waals surface area contributed by atoms with Crippen molar-refractivity contribution >= 4 is 17.5 Å². The van der Waals surface area contributed by atoms with Gasteiger partial charge in [-0.25, -0.2) is 4.39 Å². The Morgan fingerprint density at radius 3 is 2.61 bits per heavy atom. The lowest BCUT2D eigenvalue weighted by Crippen LogP contribution is -2.38. The predicted molar refractivity (Wildman–Crippen MR) is 72.6 cm³/mol. The van der Waals surface area contributed by atoms with E-state index < -0.39 is 0 Å². The zero-order valence-electron chi connectivity index (χ0n) is 11.0. The molecule has 0 aliphatic heterocycles. The molecule has 1 N–H and O–H groups in total. The van der Waals surface area contributed by atoms with Crippen LogP contribution in [0.15, 0.2) is 18.2 Å². The number of hydrogen-bond donors (Lipinski definition) is 1. The van der Waals surface area contributed by atoms with Crippen molar-refractivity contribution in [2.45, 2.75) is 33.2 Å². The maximum absolute atomic E-state index is 13.4. The largest absolute Gasteiger partial charge is 0.349 e. The predicted octanol–water partition coefficient (Wildman–Crippen LogP) is 3.52. The fourth-order valence-electron chi connectivity index (χ4n) is 1.68. The molecular weight excluding hydrogens is 253 g/mol. The van der Waals surface area contributed by atoms with Gasteiger partial charge in [-0.2, -0.15) is 0 Å². The maximum Gasteiger partial charge on any atom is 0.251 e. The zero-order chi connectivity index (χ0) is 13.7. The van der Waals surface area contributed by atoms with Crippen molar-refractivity contribution in [2.75, 3.05) is 5.88 Å². The van der Waals surface area contributed by atoms with Crippen LogP contribution in [0.3, 0.4) is 0 Å². The highest BCUT2D eigenvalue weighted by Gasteiger charge is 2.17. The van der Waals surface area contributed by atoms with Gasteiger partial charge in [-0.15, -0.1) is 11.6 Å². The van der Waals surface area contributed by atoms with Crippen LogP contribution in [0.5, 0.6) is 0 Å². The molecule has 0 heterocycles. The molecule has 0 fully saturated rings. The third-order valence-electron chi connectivity index (χ3n) is 2.98. The van der Waals surface area contributed by atoms with E-state index in [1.54, 1.807) is 19.1 Å². The van der Waals surface area contributed by atoms with E-state index in [1.165, 1.54) is 6.07 Å². The van der Waals surface area contributed by atoms with Crippen molar-refractivity contribution in [2.24, 2.45) is 5.92 Å². The van der Waals surface area contributed by atoms with Gasteiger partial charge in [0.15, 0.2) is 0 Å². The molecule has 0 saturated heterocycles. The fourth-order valence-corrected chi connectivity index (χ4v) is 1.91. The van der Waals surface area contributed by atoms with Gasteiger partial charge in [0, 0.05) is 17.5 Å². The lowest BCUT2D eigenvalue weighted by Gasteiger charge is -2.21. The fraction of sp³-hybridized carbons (Fsp3) is 0.500. The maximum atomic E-state index is 13.4. The Bertz CT molecular complexity index is 420. The molecule has 0 radical (unpaired) electrons. The number of alkyl halides is 1. The molecule has 4 heteroatoms. The number of halogens is 2. The van der Waals surface area contributed by atoms with Crippen molar-refractivity contribution in [3.05, 3.63) is 35.1 Å². The summed E-state index contributed by atoms with van der Waals surface area (Å²) < 4.78 is 13.4.